The van der Waals surface area contributed by atoms with Gasteiger partial charge in [0, 0.05) is 19.1 Å². The first-order valence-electron chi connectivity index (χ1n) is 7.62. The zero-order valence-corrected chi connectivity index (χ0v) is 14.6. The Labute approximate surface area is 141 Å². The third-order valence-corrected chi connectivity index (χ3v) is 6.26. The number of sulfone groups is 1. The normalized spacial score (nSPS) is 21.2. The lowest BCUT2D eigenvalue weighted by Gasteiger charge is -2.29. The predicted molar refractivity (Wildman–Crippen MR) is 91.4 cm³/mol. The predicted octanol–water partition coefficient (Wildman–Crippen LogP) is 1.30. The zero-order valence-electron chi connectivity index (χ0n) is 12.9. The lowest BCUT2D eigenvalue weighted by molar-refractivity contribution is 0.174. The molecule has 1 saturated heterocycles. The highest BCUT2D eigenvalue weighted by Crippen LogP contribution is 2.32. The first-order valence-corrected chi connectivity index (χ1v) is 9.85. The van der Waals surface area contributed by atoms with Crippen LogP contribution in [0.15, 0.2) is 18.2 Å². The summed E-state index contributed by atoms with van der Waals surface area (Å²) in [7, 11) is -2.92. The zero-order chi connectivity index (χ0) is 16.4. The number of nitrogens with zero attached hydrogens (tertiary/aromatic N) is 1. The fourth-order valence-electron chi connectivity index (χ4n) is 2.92. The van der Waals surface area contributed by atoms with Crippen LogP contribution >= 0.6 is 12.2 Å². The standard InChI is InChI=1S/C15H20N2O4S2/c1-2-17(12-5-6-23(18,19)9-12)15(22)16-8-11-3-4-13-14(7-11)21-10-20-13/h3-4,7,12H,2,5-6,8-10H2,1H3,(H,16,22)/t12-/m1/s1. The minimum Gasteiger partial charge on any atom is -0.454 e. The van der Waals surface area contributed by atoms with Crippen molar-refractivity contribution in [2.45, 2.75) is 25.9 Å². The summed E-state index contributed by atoms with van der Waals surface area (Å²) < 4.78 is 34.0. The first kappa shape index (κ1) is 16.3. The molecule has 8 heteroatoms. The van der Waals surface area contributed by atoms with Crippen molar-refractivity contribution in [2.75, 3.05) is 24.8 Å². The molecule has 1 aromatic rings. The Kier molecular flexibility index (Phi) is 4.63. The average Bonchev–Trinajstić information content (AvgIpc) is 3.11. The molecule has 1 atom stereocenters. The Bertz CT molecular complexity index is 705. The Morgan fingerprint density at radius 3 is 2.87 bits per heavy atom. The van der Waals surface area contributed by atoms with Crippen LogP contribution in [0.2, 0.25) is 0 Å². The van der Waals surface area contributed by atoms with E-state index in [9.17, 15) is 8.42 Å². The molecule has 0 saturated carbocycles. The smallest absolute Gasteiger partial charge is 0.231 e. The quantitative estimate of drug-likeness (QED) is 0.816. The minimum absolute atomic E-state index is 0.0262. The van der Waals surface area contributed by atoms with Gasteiger partial charge in [0.25, 0.3) is 0 Å². The summed E-state index contributed by atoms with van der Waals surface area (Å²) in [5.41, 5.74) is 1.03. The Morgan fingerprint density at radius 2 is 2.17 bits per heavy atom. The van der Waals surface area contributed by atoms with Gasteiger partial charge in [0.2, 0.25) is 6.79 Å². The van der Waals surface area contributed by atoms with Crippen molar-refractivity contribution in [3.05, 3.63) is 23.8 Å². The molecule has 0 aromatic heterocycles. The van der Waals surface area contributed by atoms with Crippen LogP contribution in [0, 0.1) is 0 Å². The molecule has 126 valence electrons. The summed E-state index contributed by atoms with van der Waals surface area (Å²) >= 11 is 5.45. The van der Waals surface area contributed by atoms with Crippen molar-refractivity contribution < 1.29 is 17.9 Å². The monoisotopic (exact) mass is 356 g/mol. The summed E-state index contributed by atoms with van der Waals surface area (Å²) in [6, 6.07) is 5.73. The SMILES string of the molecule is CCN(C(=S)NCc1ccc2c(c1)OCO2)[C@@H]1CCS(=O)(=O)C1. The van der Waals surface area contributed by atoms with Crippen LogP contribution in [0.3, 0.4) is 0 Å². The molecule has 0 unspecified atom stereocenters. The van der Waals surface area contributed by atoms with Crippen molar-refractivity contribution in [1.29, 1.82) is 0 Å². The highest BCUT2D eigenvalue weighted by atomic mass is 32.2. The van der Waals surface area contributed by atoms with Gasteiger partial charge in [-0.3, -0.25) is 0 Å². The molecule has 1 fully saturated rings. The molecule has 0 aliphatic carbocycles. The Hall–Kier alpha value is -1.54. The molecule has 0 amide bonds. The van der Waals surface area contributed by atoms with Crippen LogP contribution < -0.4 is 14.8 Å². The van der Waals surface area contributed by atoms with Crippen LogP contribution in [-0.2, 0) is 16.4 Å². The van der Waals surface area contributed by atoms with E-state index in [1.807, 2.05) is 30.0 Å². The molecule has 0 bridgehead atoms. The number of nitrogens with one attached hydrogen (secondary N) is 1. The van der Waals surface area contributed by atoms with Gasteiger partial charge < -0.3 is 19.7 Å². The van der Waals surface area contributed by atoms with Crippen LogP contribution in [0.25, 0.3) is 0 Å². The van der Waals surface area contributed by atoms with E-state index in [0.717, 1.165) is 17.1 Å². The number of hydrogen-bond acceptors (Lipinski definition) is 5. The minimum atomic E-state index is -2.92. The van der Waals surface area contributed by atoms with Crippen LogP contribution in [0.1, 0.15) is 18.9 Å². The third-order valence-electron chi connectivity index (χ3n) is 4.13. The van der Waals surface area contributed by atoms with Crippen LogP contribution in [0.5, 0.6) is 11.5 Å². The van der Waals surface area contributed by atoms with E-state index in [-0.39, 0.29) is 24.3 Å². The summed E-state index contributed by atoms with van der Waals surface area (Å²) in [4.78, 5) is 1.97. The van der Waals surface area contributed by atoms with Gasteiger partial charge >= 0.3 is 0 Å². The molecule has 0 radical (unpaired) electrons. The van der Waals surface area contributed by atoms with Gasteiger partial charge in [-0.2, -0.15) is 0 Å². The fraction of sp³-hybridized carbons (Fsp3) is 0.533. The van der Waals surface area contributed by atoms with Crippen molar-refractivity contribution in [1.82, 2.24) is 10.2 Å². The van der Waals surface area contributed by atoms with Crippen LogP contribution in [0.4, 0.5) is 0 Å². The second-order valence-electron chi connectivity index (χ2n) is 5.69. The Balaban J connectivity index is 1.59. The molecule has 6 nitrogen and oxygen atoms in total. The van der Waals surface area contributed by atoms with E-state index in [4.69, 9.17) is 21.7 Å². The van der Waals surface area contributed by atoms with Gasteiger partial charge in [0.15, 0.2) is 26.4 Å². The van der Waals surface area contributed by atoms with Gasteiger partial charge in [-0.05, 0) is 43.3 Å². The van der Waals surface area contributed by atoms with Crippen molar-refractivity contribution in [3.63, 3.8) is 0 Å². The van der Waals surface area contributed by atoms with Crippen molar-refractivity contribution in [2.24, 2.45) is 0 Å². The second-order valence-corrected chi connectivity index (χ2v) is 8.30. The number of fused-ring (bicyclic) bond motifs is 1. The fourth-order valence-corrected chi connectivity index (χ4v) is 5.00. The Morgan fingerprint density at radius 1 is 1.39 bits per heavy atom. The lowest BCUT2D eigenvalue weighted by atomic mass is 10.2. The van der Waals surface area contributed by atoms with Crippen molar-refractivity contribution >= 4 is 27.2 Å². The average molecular weight is 356 g/mol. The molecule has 2 heterocycles. The highest BCUT2D eigenvalue weighted by molar-refractivity contribution is 7.91. The highest BCUT2D eigenvalue weighted by Gasteiger charge is 2.32. The van der Waals surface area contributed by atoms with Gasteiger partial charge in [-0.15, -0.1) is 0 Å². The maximum Gasteiger partial charge on any atom is 0.231 e. The summed E-state index contributed by atoms with van der Waals surface area (Å²) in [6.07, 6.45) is 0.641. The number of benzene rings is 1. The molecule has 2 aliphatic rings. The number of rotatable bonds is 4. The molecule has 23 heavy (non-hydrogen) atoms. The molecular formula is C15H20N2O4S2. The number of hydrogen-bond donors (Lipinski definition) is 1. The van der Waals surface area contributed by atoms with E-state index in [1.165, 1.54) is 0 Å². The number of thiocarbonyl (C=S) groups is 1. The molecule has 1 N–H and O–H groups in total. The van der Waals surface area contributed by atoms with E-state index < -0.39 is 9.84 Å². The van der Waals surface area contributed by atoms with E-state index in [0.29, 0.717) is 24.6 Å². The third kappa shape index (κ3) is 3.69. The van der Waals surface area contributed by atoms with Crippen LogP contribution in [-0.4, -0.2) is 49.3 Å². The van der Waals surface area contributed by atoms with Gasteiger partial charge in [-0.1, -0.05) is 6.07 Å². The van der Waals surface area contributed by atoms with E-state index >= 15 is 0 Å². The first-order chi connectivity index (χ1) is 11.0. The van der Waals surface area contributed by atoms with E-state index in [1.54, 1.807) is 0 Å². The lowest BCUT2D eigenvalue weighted by Crippen LogP contribution is -2.46. The summed E-state index contributed by atoms with van der Waals surface area (Å²) in [5, 5.41) is 3.80. The molecule has 2 aliphatic heterocycles. The van der Waals surface area contributed by atoms with Gasteiger partial charge in [0.1, 0.15) is 0 Å². The van der Waals surface area contributed by atoms with Crippen molar-refractivity contribution in [3.8, 4) is 11.5 Å². The van der Waals surface area contributed by atoms with Gasteiger partial charge in [-0.25, -0.2) is 8.42 Å². The largest absolute Gasteiger partial charge is 0.454 e. The maximum atomic E-state index is 11.7. The molecule has 1 aromatic carbocycles. The topological polar surface area (TPSA) is 67.9 Å². The van der Waals surface area contributed by atoms with E-state index in [2.05, 4.69) is 5.32 Å². The summed E-state index contributed by atoms with van der Waals surface area (Å²) in [5.74, 6) is 1.93. The van der Waals surface area contributed by atoms with Gasteiger partial charge in [0.05, 0.1) is 11.5 Å². The number of ether oxygens (including phenoxy) is 2. The second kappa shape index (κ2) is 6.52. The molecule has 3 rings (SSSR count). The summed E-state index contributed by atoms with van der Waals surface area (Å²) in [6.45, 7) is 3.49. The maximum absolute atomic E-state index is 11.7. The molecular weight excluding hydrogens is 336 g/mol. The molecule has 0 spiro atoms.